The van der Waals surface area contributed by atoms with E-state index in [0.29, 0.717) is 51.8 Å². The predicted octanol–water partition coefficient (Wildman–Crippen LogP) is 5.99. The Kier molecular flexibility index (Phi) is 19.1. The maximum Gasteiger partial charge on any atom is 0.177 e. The van der Waals surface area contributed by atoms with Gasteiger partial charge in [0.15, 0.2) is 5.78 Å². The number of ketones is 1. The Morgan fingerprint density at radius 1 is 0.745 bits per heavy atom. The number of rotatable bonds is 5. The summed E-state index contributed by atoms with van der Waals surface area (Å²) >= 11 is 0. The Hall–Kier alpha value is -5.32. The zero-order chi connectivity index (χ0) is 34.9. The van der Waals surface area contributed by atoms with Crippen LogP contribution in [0.5, 0.6) is 0 Å². The maximum absolute atomic E-state index is 10.5. The molecule has 51 heavy (non-hydrogen) atoms. The maximum atomic E-state index is 10.5. The molecule has 0 atom stereocenters. The number of carbonyl (C=O) groups is 1. The van der Waals surface area contributed by atoms with Crippen molar-refractivity contribution in [1.29, 1.82) is 0 Å². The van der Waals surface area contributed by atoms with Gasteiger partial charge in [0.25, 0.3) is 0 Å². The number of aromatic nitrogens is 10. The molecule has 0 spiro atoms. The lowest BCUT2D eigenvalue weighted by atomic mass is 10.1. The van der Waals surface area contributed by atoms with E-state index in [1.54, 1.807) is 19.9 Å². The number of nitrogens with zero attached hydrogens (tertiary/aromatic N) is 5. The van der Waals surface area contributed by atoms with Gasteiger partial charge in [0.1, 0.15) is 40.4 Å². The van der Waals surface area contributed by atoms with Gasteiger partial charge >= 0.3 is 0 Å². The number of aliphatic hydroxyl groups is 1. The van der Waals surface area contributed by atoms with Gasteiger partial charge < -0.3 is 33.8 Å². The number of aromatic amines is 5. The van der Waals surface area contributed by atoms with Gasteiger partial charge in [-0.1, -0.05) is 50.5 Å². The minimum absolute atomic E-state index is 0. The molecule has 0 amide bonds. The van der Waals surface area contributed by atoms with Crippen LogP contribution in [0.3, 0.4) is 0 Å². The molecule has 2 aliphatic rings. The summed E-state index contributed by atoms with van der Waals surface area (Å²) < 4.78 is 0. The molecule has 0 radical (unpaired) electrons. The van der Waals surface area contributed by atoms with Crippen LogP contribution in [0.2, 0.25) is 0 Å². The minimum atomic E-state index is -0.884. The van der Waals surface area contributed by atoms with Crippen LogP contribution in [0.4, 0.5) is 29.1 Å². The van der Waals surface area contributed by atoms with Crippen molar-refractivity contribution in [2.24, 2.45) is 0 Å². The van der Waals surface area contributed by atoms with Crippen molar-refractivity contribution in [3.63, 3.8) is 0 Å². The van der Waals surface area contributed by atoms with Crippen molar-refractivity contribution in [2.75, 3.05) is 28.7 Å². The molecule has 5 aromatic heterocycles. The van der Waals surface area contributed by atoms with Crippen molar-refractivity contribution in [2.45, 2.75) is 120 Å². The number of hydrogen-bond donors (Lipinski definition) is 11. The number of Topliss-reactive ketones (excluding diaryl/α,β-unsaturated/α-hetero) is 1. The van der Waals surface area contributed by atoms with Crippen molar-refractivity contribution >= 4 is 34.9 Å². The van der Waals surface area contributed by atoms with Crippen LogP contribution in [0.15, 0.2) is 30.3 Å². The highest BCUT2D eigenvalue weighted by atomic mass is 16.3. The van der Waals surface area contributed by atoms with Gasteiger partial charge in [-0.15, -0.1) is 0 Å². The monoisotopic (exact) mass is 716 g/mol. The number of nitrogens with one attached hydrogen (secondary N) is 5. The van der Waals surface area contributed by atoms with Gasteiger partial charge in [0.05, 0.1) is 5.69 Å². The Bertz CT molecular complexity index is 1600. The molecule has 17 nitrogen and oxygen atoms in total. The van der Waals surface area contributed by atoms with Crippen molar-refractivity contribution in [3.05, 3.63) is 58.8 Å². The molecule has 2 aliphatic carbocycles. The summed E-state index contributed by atoms with van der Waals surface area (Å²) in [5, 5.41) is 41.9. The van der Waals surface area contributed by atoms with E-state index in [0.717, 1.165) is 11.6 Å². The van der Waals surface area contributed by atoms with E-state index in [9.17, 15) is 9.90 Å². The van der Waals surface area contributed by atoms with Gasteiger partial charge in [0.2, 0.25) is 0 Å². The summed E-state index contributed by atoms with van der Waals surface area (Å²) in [7, 11) is 0. The molecule has 0 aliphatic heterocycles. The molecule has 0 aromatic carbocycles. The second-order valence-corrected chi connectivity index (χ2v) is 12.7. The molecule has 16 N–H and O–H groups in total. The van der Waals surface area contributed by atoms with E-state index >= 15 is 0 Å². The summed E-state index contributed by atoms with van der Waals surface area (Å²) in [6, 6.07) is 8.80. The molecule has 5 aromatic rings. The van der Waals surface area contributed by atoms with Crippen LogP contribution < -0.4 is 28.7 Å². The first-order chi connectivity index (χ1) is 22.0. The average molecular weight is 716 g/mol. The first-order valence-corrected chi connectivity index (χ1v) is 15.2. The van der Waals surface area contributed by atoms with Crippen LogP contribution in [-0.4, -0.2) is 61.9 Å². The van der Waals surface area contributed by atoms with E-state index in [1.165, 1.54) is 50.1 Å². The third kappa shape index (κ3) is 15.8. The smallest absolute Gasteiger partial charge is 0.177 e. The largest absolute Gasteiger partial charge is 0.384 e. The lowest BCUT2D eigenvalue weighted by Crippen LogP contribution is -2.15. The van der Waals surface area contributed by atoms with Crippen molar-refractivity contribution < 1.29 is 9.90 Å². The Labute approximate surface area is 302 Å². The van der Waals surface area contributed by atoms with E-state index in [4.69, 9.17) is 28.7 Å². The Balaban J connectivity index is 0. The first-order valence-electron chi connectivity index (χ1n) is 15.2. The van der Waals surface area contributed by atoms with Crippen LogP contribution in [0.25, 0.3) is 0 Å². The van der Waals surface area contributed by atoms with Gasteiger partial charge in [-0.05, 0) is 45.4 Å². The molecule has 0 bridgehead atoms. The van der Waals surface area contributed by atoms with Gasteiger partial charge in [0, 0.05) is 65.7 Å². The average Bonchev–Trinajstić information content (AvgIpc) is 3.51. The number of anilines is 5. The quantitative estimate of drug-likeness (QED) is 0.0935. The van der Waals surface area contributed by atoms with Crippen LogP contribution >= 0.6 is 0 Å². The fourth-order valence-corrected chi connectivity index (χ4v) is 3.88. The number of carbonyl (C=O) groups excluding carboxylic acids is 1. The molecule has 7 rings (SSSR count). The van der Waals surface area contributed by atoms with E-state index < -0.39 is 5.60 Å². The molecule has 5 heterocycles. The molecule has 0 saturated heterocycles. The number of hydrogen-bond acceptors (Lipinski definition) is 12. The third-order valence-corrected chi connectivity index (χ3v) is 7.36. The highest BCUT2D eigenvalue weighted by Gasteiger charge is 2.40. The molecule has 0 unspecified atom stereocenters. The fourth-order valence-electron chi connectivity index (χ4n) is 3.88. The van der Waals surface area contributed by atoms with E-state index in [1.807, 2.05) is 18.2 Å². The molecule has 17 heteroatoms. The summed E-state index contributed by atoms with van der Waals surface area (Å²) in [5.41, 5.74) is 30.8. The minimum Gasteiger partial charge on any atom is -0.384 e. The number of nitrogens with two attached hydrogens (primary N) is 5. The lowest BCUT2D eigenvalue weighted by Gasteiger charge is -2.13. The van der Waals surface area contributed by atoms with Crippen molar-refractivity contribution in [1.82, 2.24) is 51.0 Å². The molecule has 288 valence electrons. The zero-order valence-corrected chi connectivity index (χ0v) is 27.8. The van der Waals surface area contributed by atoms with E-state index in [-0.39, 0.29) is 35.5 Å². The molecular weight excluding hydrogens is 650 g/mol. The second-order valence-electron chi connectivity index (χ2n) is 12.7. The second kappa shape index (κ2) is 20.4. The highest BCUT2D eigenvalue weighted by Crippen LogP contribution is 2.46. The normalized spacial score (nSPS) is 13.2. The van der Waals surface area contributed by atoms with Crippen LogP contribution in [-0.2, 0) is 11.0 Å². The Morgan fingerprint density at radius 2 is 1.22 bits per heavy atom. The first kappa shape index (κ1) is 47.8. The third-order valence-electron chi connectivity index (χ3n) is 7.36. The summed E-state index contributed by atoms with van der Waals surface area (Å²) in [4.78, 5) is 10.5. The number of nitrogen functional groups attached to an aromatic ring is 5. The van der Waals surface area contributed by atoms with Gasteiger partial charge in [-0.3, -0.25) is 30.3 Å². The summed E-state index contributed by atoms with van der Waals surface area (Å²) in [6.07, 6.45) is 5.10. The highest BCUT2D eigenvalue weighted by molar-refractivity contribution is 5.92. The SMILES string of the molecule is C.C.C.C.CC(=O)c1cc(N)n[nH]1.CC(C)(O)c1cc(N)n[nH]1.CC(C)c1cc(N)n[nH]1.CC1(c2cc(N)n[nH]2)CC1.Nc1cc(C2CC2)[nH]n1. The van der Waals surface area contributed by atoms with E-state index in [2.05, 4.69) is 71.8 Å². The molecule has 2 saturated carbocycles. The predicted molar refractivity (Wildman–Crippen MR) is 210 cm³/mol. The summed E-state index contributed by atoms with van der Waals surface area (Å²) in [6.45, 7) is 11.2. The Morgan fingerprint density at radius 3 is 1.49 bits per heavy atom. The lowest BCUT2D eigenvalue weighted by molar-refractivity contribution is 0.0738. The fraction of sp³-hybridized carbons (Fsp3) is 0.529. The summed E-state index contributed by atoms with van der Waals surface area (Å²) in [5.74, 6) is 3.68. The standard InChI is InChI=1S/C7H11N3.C6H11N3O.C6H9N3.C6H11N3.C5H7N3O.4CH4/c1-7(2-3-7)5-4-6(8)10-9-5;1-6(2,10)4-3-5(7)9-8-4;7-6-3-5(8-9-6)4-1-2-4;1-4(2)5-3-6(7)9-8-5;1-3(9)4-2-5(6)8-7-4;;;;/h4H,2-3H2,1H3,(H3,8,9,10);3,10H,1-2H3,(H3,7,8,9);3-4H,1-2H2,(H3,7,8,9);3-4H,1-2H3,(H3,7,8,9);2H,1H3,(H3,6,7,8);4*1H4. The zero-order valence-electron chi connectivity index (χ0n) is 27.8. The van der Waals surface area contributed by atoms with Crippen LogP contribution in [0.1, 0.15) is 142 Å². The number of H-pyrrole nitrogens is 5. The topological polar surface area (TPSA) is 311 Å². The molecular formula is C34H65N15O2. The van der Waals surface area contributed by atoms with Crippen molar-refractivity contribution in [3.8, 4) is 0 Å². The van der Waals surface area contributed by atoms with Crippen LogP contribution in [0, 0.1) is 0 Å². The van der Waals surface area contributed by atoms with Gasteiger partial charge in [-0.2, -0.15) is 25.5 Å². The van der Waals surface area contributed by atoms with Gasteiger partial charge in [-0.25, -0.2) is 0 Å². The molecule has 2 fully saturated rings.